The lowest BCUT2D eigenvalue weighted by atomic mass is 10.1. The third-order valence-corrected chi connectivity index (χ3v) is 5.77. The Kier molecular flexibility index (Phi) is 5.22. The maximum Gasteiger partial charge on any atom is 0.233 e. The molecule has 0 aliphatic rings. The summed E-state index contributed by atoms with van der Waals surface area (Å²) in [4.78, 5) is 19.8. The standard InChI is InChI=1S/C24H22N2OS/c1-17-8-11-19(12-9-17)15-23(27)26(16-20-6-4-3-5-7-20)24-25-21-13-10-18(2)14-22(21)28-24/h3-14H,15-16H2,1-2H3. The van der Waals surface area contributed by atoms with Crippen LogP contribution in [0.5, 0.6) is 0 Å². The molecule has 1 amide bonds. The number of fused-ring (bicyclic) bond motifs is 1. The first-order valence-electron chi connectivity index (χ1n) is 9.35. The Morgan fingerprint density at radius 3 is 2.36 bits per heavy atom. The number of amides is 1. The maximum absolute atomic E-state index is 13.2. The van der Waals surface area contributed by atoms with Crippen LogP contribution in [0.3, 0.4) is 0 Å². The van der Waals surface area contributed by atoms with Gasteiger partial charge in [0.05, 0.1) is 23.2 Å². The van der Waals surface area contributed by atoms with Gasteiger partial charge in [0, 0.05) is 0 Å². The molecule has 0 fully saturated rings. The molecule has 3 aromatic carbocycles. The van der Waals surface area contributed by atoms with Crippen molar-refractivity contribution in [3.8, 4) is 0 Å². The minimum atomic E-state index is 0.0588. The molecule has 0 saturated heterocycles. The van der Waals surface area contributed by atoms with Crippen molar-refractivity contribution >= 4 is 32.6 Å². The van der Waals surface area contributed by atoms with Crippen LogP contribution in [0.4, 0.5) is 5.13 Å². The van der Waals surface area contributed by atoms with E-state index in [1.807, 2.05) is 65.6 Å². The van der Waals surface area contributed by atoms with Crippen LogP contribution in [-0.4, -0.2) is 10.9 Å². The van der Waals surface area contributed by atoms with Gasteiger partial charge in [-0.1, -0.05) is 77.6 Å². The topological polar surface area (TPSA) is 33.2 Å². The summed E-state index contributed by atoms with van der Waals surface area (Å²) in [5.74, 6) is 0.0588. The fourth-order valence-electron chi connectivity index (χ4n) is 3.14. The third kappa shape index (κ3) is 4.12. The van der Waals surface area contributed by atoms with E-state index in [0.717, 1.165) is 26.5 Å². The number of thiazole rings is 1. The van der Waals surface area contributed by atoms with Crippen molar-refractivity contribution in [3.63, 3.8) is 0 Å². The average Bonchev–Trinajstić information content (AvgIpc) is 3.11. The lowest BCUT2D eigenvalue weighted by molar-refractivity contribution is -0.118. The van der Waals surface area contributed by atoms with Crippen molar-refractivity contribution in [2.24, 2.45) is 0 Å². The van der Waals surface area contributed by atoms with Gasteiger partial charge in [-0.2, -0.15) is 0 Å². The van der Waals surface area contributed by atoms with Gasteiger partial charge < -0.3 is 0 Å². The van der Waals surface area contributed by atoms with Gasteiger partial charge in [-0.15, -0.1) is 0 Å². The molecule has 140 valence electrons. The zero-order valence-corrected chi connectivity index (χ0v) is 16.9. The molecule has 0 radical (unpaired) electrons. The van der Waals surface area contributed by atoms with Crippen LogP contribution in [0, 0.1) is 13.8 Å². The number of aryl methyl sites for hydroxylation is 2. The molecule has 0 spiro atoms. The molecule has 4 rings (SSSR count). The molecule has 28 heavy (non-hydrogen) atoms. The van der Waals surface area contributed by atoms with Crippen LogP contribution < -0.4 is 4.90 Å². The summed E-state index contributed by atoms with van der Waals surface area (Å²) in [7, 11) is 0. The molecular formula is C24H22N2OS. The minimum Gasteiger partial charge on any atom is -0.283 e. The maximum atomic E-state index is 13.2. The average molecular weight is 387 g/mol. The zero-order valence-electron chi connectivity index (χ0n) is 16.1. The van der Waals surface area contributed by atoms with E-state index in [9.17, 15) is 4.79 Å². The fraction of sp³-hybridized carbons (Fsp3) is 0.167. The monoisotopic (exact) mass is 386 g/mol. The highest BCUT2D eigenvalue weighted by atomic mass is 32.1. The van der Waals surface area contributed by atoms with Crippen LogP contribution in [-0.2, 0) is 17.8 Å². The first kappa shape index (κ1) is 18.4. The second kappa shape index (κ2) is 7.95. The Morgan fingerprint density at radius 2 is 1.61 bits per heavy atom. The van der Waals surface area contributed by atoms with E-state index in [-0.39, 0.29) is 5.91 Å². The van der Waals surface area contributed by atoms with E-state index in [0.29, 0.717) is 13.0 Å². The minimum absolute atomic E-state index is 0.0588. The molecule has 0 saturated carbocycles. The molecule has 0 unspecified atom stereocenters. The van der Waals surface area contributed by atoms with Gasteiger partial charge in [0.25, 0.3) is 0 Å². The molecule has 0 atom stereocenters. The molecule has 4 aromatic rings. The van der Waals surface area contributed by atoms with Gasteiger partial charge in [-0.25, -0.2) is 4.98 Å². The first-order chi connectivity index (χ1) is 13.6. The smallest absolute Gasteiger partial charge is 0.233 e. The van der Waals surface area contributed by atoms with Crippen LogP contribution in [0.25, 0.3) is 10.2 Å². The predicted octanol–water partition coefficient (Wildman–Crippen LogP) is 5.69. The molecular weight excluding hydrogens is 364 g/mol. The van der Waals surface area contributed by atoms with Crippen molar-refractivity contribution in [2.45, 2.75) is 26.8 Å². The summed E-state index contributed by atoms with van der Waals surface area (Å²) in [5.41, 5.74) is 5.44. The molecule has 1 heterocycles. The lowest BCUT2D eigenvalue weighted by Crippen LogP contribution is -2.31. The number of benzene rings is 3. The number of anilines is 1. The summed E-state index contributed by atoms with van der Waals surface area (Å²) in [5, 5.41) is 0.751. The Bertz CT molecular complexity index is 1100. The van der Waals surface area contributed by atoms with Gasteiger partial charge >= 0.3 is 0 Å². The molecule has 3 nitrogen and oxygen atoms in total. The number of aromatic nitrogens is 1. The van der Waals surface area contributed by atoms with Crippen molar-refractivity contribution in [1.82, 2.24) is 4.98 Å². The van der Waals surface area contributed by atoms with E-state index < -0.39 is 0 Å². The summed E-state index contributed by atoms with van der Waals surface area (Å²) in [6.07, 6.45) is 0.363. The zero-order chi connectivity index (χ0) is 19.5. The lowest BCUT2D eigenvalue weighted by Gasteiger charge is -2.20. The molecule has 0 aliphatic carbocycles. The van der Waals surface area contributed by atoms with E-state index >= 15 is 0 Å². The first-order valence-corrected chi connectivity index (χ1v) is 10.2. The summed E-state index contributed by atoms with van der Waals surface area (Å²) in [6, 6.07) is 24.4. The Hall–Kier alpha value is -2.98. The Labute approximate surface area is 169 Å². The molecule has 1 aromatic heterocycles. The summed E-state index contributed by atoms with van der Waals surface area (Å²) >= 11 is 1.57. The quantitative estimate of drug-likeness (QED) is 0.441. The van der Waals surface area contributed by atoms with Gasteiger partial charge in [-0.3, -0.25) is 9.69 Å². The highest BCUT2D eigenvalue weighted by Crippen LogP contribution is 2.31. The van der Waals surface area contributed by atoms with Crippen LogP contribution in [0.2, 0.25) is 0 Å². The Balaban J connectivity index is 1.67. The van der Waals surface area contributed by atoms with Gasteiger partial charge in [0.1, 0.15) is 0 Å². The molecule has 4 heteroatoms. The fourth-order valence-corrected chi connectivity index (χ4v) is 4.22. The third-order valence-electron chi connectivity index (χ3n) is 4.72. The van der Waals surface area contributed by atoms with Crippen molar-refractivity contribution in [1.29, 1.82) is 0 Å². The van der Waals surface area contributed by atoms with E-state index in [4.69, 9.17) is 4.98 Å². The molecule has 0 aliphatic heterocycles. The number of nitrogens with zero attached hydrogens (tertiary/aromatic N) is 2. The van der Waals surface area contributed by atoms with Gasteiger partial charge in [0.2, 0.25) is 5.91 Å². The number of hydrogen-bond donors (Lipinski definition) is 0. The summed E-state index contributed by atoms with van der Waals surface area (Å²) < 4.78 is 1.11. The van der Waals surface area contributed by atoms with Gasteiger partial charge in [0.15, 0.2) is 5.13 Å². The van der Waals surface area contributed by atoms with Crippen molar-refractivity contribution in [2.75, 3.05) is 4.90 Å². The van der Waals surface area contributed by atoms with E-state index in [2.05, 4.69) is 26.0 Å². The second-order valence-electron chi connectivity index (χ2n) is 7.10. The van der Waals surface area contributed by atoms with E-state index in [1.165, 1.54) is 11.1 Å². The summed E-state index contributed by atoms with van der Waals surface area (Å²) in [6.45, 7) is 4.64. The van der Waals surface area contributed by atoms with Crippen LogP contribution in [0.1, 0.15) is 22.3 Å². The predicted molar refractivity (Wildman–Crippen MR) is 117 cm³/mol. The number of rotatable bonds is 5. The molecule has 0 bridgehead atoms. The Morgan fingerprint density at radius 1 is 0.893 bits per heavy atom. The number of hydrogen-bond acceptors (Lipinski definition) is 3. The van der Waals surface area contributed by atoms with Crippen molar-refractivity contribution < 1.29 is 4.79 Å². The second-order valence-corrected chi connectivity index (χ2v) is 8.10. The van der Waals surface area contributed by atoms with Crippen LogP contribution in [0.15, 0.2) is 72.8 Å². The normalized spacial score (nSPS) is 10.9. The highest BCUT2D eigenvalue weighted by molar-refractivity contribution is 7.22. The highest BCUT2D eigenvalue weighted by Gasteiger charge is 2.20. The van der Waals surface area contributed by atoms with Crippen LogP contribution >= 0.6 is 11.3 Å². The van der Waals surface area contributed by atoms with Crippen molar-refractivity contribution in [3.05, 3.63) is 95.1 Å². The number of carbonyl (C=O) groups excluding carboxylic acids is 1. The SMILES string of the molecule is Cc1ccc(CC(=O)N(Cc2ccccc2)c2nc3ccc(C)cc3s2)cc1. The number of carbonyl (C=O) groups is 1. The van der Waals surface area contributed by atoms with Gasteiger partial charge in [-0.05, 0) is 42.7 Å². The molecule has 0 N–H and O–H groups in total. The van der Waals surface area contributed by atoms with E-state index in [1.54, 1.807) is 11.3 Å². The largest absolute Gasteiger partial charge is 0.283 e.